The van der Waals surface area contributed by atoms with Gasteiger partial charge >= 0.3 is 0 Å². The first-order valence-corrected chi connectivity index (χ1v) is 9.88. The van der Waals surface area contributed by atoms with Crippen LogP contribution in [0.25, 0.3) is 11.0 Å². The fourth-order valence-electron chi connectivity index (χ4n) is 4.81. The van der Waals surface area contributed by atoms with Crippen molar-refractivity contribution in [1.29, 1.82) is 0 Å². The van der Waals surface area contributed by atoms with Crippen LogP contribution in [0.1, 0.15) is 25.1 Å². The van der Waals surface area contributed by atoms with Gasteiger partial charge in [0.25, 0.3) is 0 Å². The predicted molar refractivity (Wildman–Crippen MR) is 107 cm³/mol. The van der Waals surface area contributed by atoms with Crippen LogP contribution in [-0.4, -0.2) is 62.3 Å². The van der Waals surface area contributed by atoms with Crippen LogP contribution in [0.15, 0.2) is 30.9 Å². The largest absolute Gasteiger partial charge is 0.391 e. The number of aromatic amines is 1. The van der Waals surface area contributed by atoms with Gasteiger partial charge in [-0.2, -0.15) is 0 Å². The van der Waals surface area contributed by atoms with Crippen molar-refractivity contribution >= 4 is 22.7 Å². The van der Waals surface area contributed by atoms with Crippen molar-refractivity contribution in [3.63, 3.8) is 0 Å². The van der Waals surface area contributed by atoms with Crippen LogP contribution in [0.5, 0.6) is 0 Å². The van der Waals surface area contributed by atoms with Crippen LogP contribution in [-0.2, 0) is 0 Å². The van der Waals surface area contributed by atoms with E-state index in [4.69, 9.17) is 4.98 Å². The van der Waals surface area contributed by atoms with Crippen molar-refractivity contribution < 1.29 is 5.11 Å². The number of nitrogens with one attached hydrogen (secondary N) is 1. The lowest BCUT2D eigenvalue weighted by molar-refractivity contribution is 0.0594. The molecule has 5 heterocycles. The molecule has 28 heavy (non-hydrogen) atoms. The fraction of sp³-hybridized carbons (Fsp3) is 0.500. The van der Waals surface area contributed by atoms with Gasteiger partial charge in [-0.05, 0) is 37.7 Å². The van der Waals surface area contributed by atoms with Crippen LogP contribution < -0.4 is 9.80 Å². The SMILES string of the molecule is Cc1nc(N2CCC3(CC2)CC(O)CN(c2cnccn2)C3)c2[nH]ccc2n1. The second-order valence-electron chi connectivity index (χ2n) is 8.12. The number of H-pyrrole nitrogens is 1. The molecule has 0 bridgehead atoms. The Kier molecular flexibility index (Phi) is 4.16. The number of β-amino-alcohol motifs (C(OH)–C–C–N with tert-alkyl or cyclic N) is 1. The highest BCUT2D eigenvalue weighted by Crippen LogP contribution is 2.42. The summed E-state index contributed by atoms with van der Waals surface area (Å²) in [6.07, 6.45) is 9.65. The first-order valence-electron chi connectivity index (χ1n) is 9.88. The lowest BCUT2D eigenvalue weighted by atomic mass is 9.71. The van der Waals surface area contributed by atoms with E-state index in [1.165, 1.54) is 0 Å². The number of aliphatic hydroxyl groups excluding tert-OH is 1. The van der Waals surface area contributed by atoms with Gasteiger partial charge in [0.05, 0.1) is 17.8 Å². The zero-order valence-corrected chi connectivity index (χ0v) is 16.0. The van der Waals surface area contributed by atoms with E-state index in [2.05, 4.69) is 29.7 Å². The Hall–Kier alpha value is -2.74. The molecule has 0 saturated carbocycles. The molecule has 0 aliphatic carbocycles. The van der Waals surface area contributed by atoms with E-state index in [0.717, 1.165) is 67.4 Å². The predicted octanol–water partition coefficient (Wildman–Crippen LogP) is 1.91. The second-order valence-corrected chi connectivity index (χ2v) is 8.12. The fourth-order valence-corrected chi connectivity index (χ4v) is 4.81. The summed E-state index contributed by atoms with van der Waals surface area (Å²) >= 11 is 0. The molecule has 2 N–H and O–H groups in total. The number of aromatic nitrogens is 5. The molecule has 2 aliphatic rings. The van der Waals surface area contributed by atoms with Crippen molar-refractivity contribution in [3.8, 4) is 0 Å². The number of hydrogen-bond acceptors (Lipinski definition) is 7. The molecule has 1 spiro atoms. The van der Waals surface area contributed by atoms with Crippen LogP contribution in [0.4, 0.5) is 11.6 Å². The Morgan fingerprint density at radius 3 is 2.82 bits per heavy atom. The number of aryl methyl sites for hydroxylation is 1. The van der Waals surface area contributed by atoms with Gasteiger partial charge in [-0.25, -0.2) is 15.0 Å². The molecule has 8 nitrogen and oxygen atoms in total. The highest BCUT2D eigenvalue weighted by molar-refractivity contribution is 5.86. The summed E-state index contributed by atoms with van der Waals surface area (Å²) in [5.74, 6) is 2.64. The zero-order chi connectivity index (χ0) is 19.1. The number of anilines is 2. The van der Waals surface area contributed by atoms with Crippen LogP contribution in [0.3, 0.4) is 0 Å². The summed E-state index contributed by atoms with van der Waals surface area (Å²) in [4.78, 5) is 25.7. The molecular weight excluding hydrogens is 354 g/mol. The molecule has 0 amide bonds. The number of nitrogens with zero attached hydrogens (tertiary/aromatic N) is 6. The average molecular weight is 379 g/mol. The van der Waals surface area contributed by atoms with E-state index in [1.807, 2.05) is 19.2 Å². The number of rotatable bonds is 2. The van der Waals surface area contributed by atoms with Gasteiger partial charge < -0.3 is 19.9 Å². The average Bonchev–Trinajstić information content (AvgIpc) is 3.16. The Morgan fingerprint density at radius 2 is 2.04 bits per heavy atom. The van der Waals surface area contributed by atoms with Crippen molar-refractivity contribution in [1.82, 2.24) is 24.9 Å². The minimum atomic E-state index is -0.335. The minimum absolute atomic E-state index is 0.0998. The summed E-state index contributed by atoms with van der Waals surface area (Å²) < 4.78 is 0. The lowest BCUT2D eigenvalue weighted by Gasteiger charge is -2.49. The topological polar surface area (TPSA) is 94.1 Å². The molecule has 3 aromatic heterocycles. The lowest BCUT2D eigenvalue weighted by Crippen LogP contribution is -2.54. The molecule has 1 atom stereocenters. The summed E-state index contributed by atoms with van der Waals surface area (Å²) in [6.45, 7) is 5.32. The molecule has 3 aromatic rings. The quantitative estimate of drug-likeness (QED) is 0.702. The summed E-state index contributed by atoms with van der Waals surface area (Å²) in [5, 5.41) is 10.6. The van der Waals surface area contributed by atoms with Crippen molar-refractivity contribution in [2.75, 3.05) is 36.0 Å². The molecule has 2 saturated heterocycles. The third-order valence-electron chi connectivity index (χ3n) is 6.12. The van der Waals surface area contributed by atoms with Gasteiger partial charge in [-0.3, -0.25) is 4.98 Å². The van der Waals surface area contributed by atoms with Gasteiger partial charge in [0, 0.05) is 44.8 Å². The van der Waals surface area contributed by atoms with Gasteiger partial charge in [-0.1, -0.05) is 0 Å². The minimum Gasteiger partial charge on any atom is -0.391 e. The molecule has 5 rings (SSSR count). The number of aliphatic hydroxyl groups is 1. The molecule has 2 aliphatic heterocycles. The smallest absolute Gasteiger partial charge is 0.156 e. The summed E-state index contributed by atoms with van der Waals surface area (Å²) in [5.41, 5.74) is 2.07. The number of fused-ring (bicyclic) bond motifs is 1. The Labute approximate surface area is 163 Å². The van der Waals surface area contributed by atoms with E-state index >= 15 is 0 Å². The molecule has 0 radical (unpaired) electrons. The van der Waals surface area contributed by atoms with Crippen LogP contribution in [0, 0.1) is 12.3 Å². The standard InChI is InChI=1S/C20H25N7O/c1-14-24-16-2-5-23-18(16)19(25-14)26-8-3-20(4-9-26)10-15(28)12-27(13-20)17-11-21-6-7-22-17/h2,5-7,11,15,23,28H,3-4,8-10,12-13H2,1H3. The van der Waals surface area contributed by atoms with Crippen LogP contribution in [0.2, 0.25) is 0 Å². The molecule has 2 fully saturated rings. The van der Waals surface area contributed by atoms with E-state index in [1.54, 1.807) is 18.6 Å². The van der Waals surface area contributed by atoms with E-state index in [-0.39, 0.29) is 11.5 Å². The van der Waals surface area contributed by atoms with Gasteiger partial charge in [0.15, 0.2) is 5.82 Å². The number of hydrogen-bond donors (Lipinski definition) is 2. The summed E-state index contributed by atoms with van der Waals surface area (Å²) in [7, 11) is 0. The van der Waals surface area contributed by atoms with Crippen LogP contribution >= 0.6 is 0 Å². The monoisotopic (exact) mass is 379 g/mol. The van der Waals surface area contributed by atoms with Crippen molar-refractivity contribution in [3.05, 3.63) is 36.7 Å². The van der Waals surface area contributed by atoms with E-state index < -0.39 is 0 Å². The Morgan fingerprint density at radius 1 is 1.18 bits per heavy atom. The molecule has 0 aromatic carbocycles. The molecule has 146 valence electrons. The highest BCUT2D eigenvalue weighted by atomic mass is 16.3. The van der Waals surface area contributed by atoms with Gasteiger partial charge in [-0.15, -0.1) is 0 Å². The third-order valence-corrected chi connectivity index (χ3v) is 6.12. The maximum absolute atomic E-state index is 10.6. The second kappa shape index (κ2) is 6.70. The Bertz CT molecular complexity index is 965. The van der Waals surface area contributed by atoms with Crippen molar-refractivity contribution in [2.24, 2.45) is 5.41 Å². The molecule has 8 heteroatoms. The number of piperidine rings is 2. The molecular formula is C20H25N7O. The Balaban J connectivity index is 1.36. The van der Waals surface area contributed by atoms with Crippen molar-refractivity contribution in [2.45, 2.75) is 32.3 Å². The molecule has 1 unspecified atom stereocenters. The highest BCUT2D eigenvalue weighted by Gasteiger charge is 2.42. The summed E-state index contributed by atoms with van der Waals surface area (Å²) in [6, 6.07) is 2.00. The first kappa shape index (κ1) is 17.4. The maximum atomic E-state index is 10.6. The first-order chi connectivity index (χ1) is 13.6. The normalized spacial score (nSPS) is 22.1. The maximum Gasteiger partial charge on any atom is 0.156 e. The van der Waals surface area contributed by atoms with E-state index in [9.17, 15) is 5.11 Å². The van der Waals surface area contributed by atoms with Gasteiger partial charge in [0.2, 0.25) is 0 Å². The van der Waals surface area contributed by atoms with E-state index in [0.29, 0.717) is 6.54 Å². The third kappa shape index (κ3) is 3.07. The van der Waals surface area contributed by atoms with Gasteiger partial charge in [0.1, 0.15) is 17.2 Å². The zero-order valence-electron chi connectivity index (χ0n) is 16.0.